The van der Waals surface area contributed by atoms with Crippen molar-refractivity contribution in [2.45, 2.75) is 37.5 Å². The van der Waals surface area contributed by atoms with Crippen molar-refractivity contribution < 1.29 is 18.9 Å². The molecule has 0 aromatic carbocycles. The molecule has 17 heavy (non-hydrogen) atoms. The van der Waals surface area contributed by atoms with Crippen molar-refractivity contribution in [3.05, 3.63) is 0 Å². The maximum absolute atomic E-state index is 5.79. The number of hydrogen-bond donors (Lipinski definition) is 0. The summed E-state index contributed by atoms with van der Waals surface area (Å²) in [5, 5.41) is 0. The van der Waals surface area contributed by atoms with E-state index in [9.17, 15) is 0 Å². The highest BCUT2D eigenvalue weighted by molar-refractivity contribution is 4.97. The SMILES string of the molecule is COCO[C@@H]1[C@H]2CCCCN2C[C@H]1OCOC. The van der Waals surface area contributed by atoms with Gasteiger partial charge in [0.25, 0.3) is 0 Å². The molecule has 0 aromatic rings. The topological polar surface area (TPSA) is 40.2 Å². The molecule has 0 spiro atoms. The highest BCUT2D eigenvalue weighted by atomic mass is 16.7. The fourth-order valence-corrected chi connectivity index (χ4v) is 2.87. The van der Waals surface area contributed by atoms with E-state index in [4.69, 9.17) is 18.9 Å². The van der Waals surface area contributed by atoms with Crippen LogP contribution in [0.5, 0.6) is 0 Å². The average Bonchev–Trinajstić information content (AvgIpc) is 2.71. The van der Waals surface area contributed by atoms with E-state index in [0.717, 1.165) is 13.1 Å². The Kier molecular flexibility index (Phi) is 5.18. The van der Waals surface area contributed by atoms with E-state index in [2.05, 4.69) is 4.90 Å². The van der Waals surface area contributed by atoms with Crippen molar-refractivity contribution in [2.24, 2.45) is 0 Å². The Morgan fingerprint density at radius 2 is 1.82 bits per heavy atom. The first-order valence-corrected chi connectivity index (χ1v) is 6.32. The lowest BCUT2D eigenvalue weighted by atomic mass is 10.0. The Morgan fingerprint density at radius 3 is 2.59 bits per heavy atom. The van der Waals surface area contributed by atoms with Crippen molar-refractivity contribution in [2.75, 3.05) is 40.9 Å². The van der Waals surface area contributed by atoms with Gasteiger partial charge in [0.05, 0.1) is 0 Å². The predicted octanol–water partition coefficient (Wildman–Crippen LogP) is 0.833. The summed E-state index contributed by atoms with van der Waals surface area (Å²) in [6.45, 7) is 2.77. The van der Waals surface area contributed by atoms with E-state index in [1.807, 2.05) is 0 Å². The van der Waals surface area contributed by atoms with Crippen LogP contribution in [0.25, 0.3) is 0 Å². The van der Waals surface area contributed by atoms with Gasteiger partial charge < -0.3 is 18.9 Å². The third-order valence-electron chi connectivity index (χ3n) is 3.60. The van der Waals surface area contributed by atoms with Gasteiger partial charge in [-0.1, -0.05) is 6.42 Å². The van der Waals surface area contributed by atoms with Gasteiger partial charge in [0, 0.05) is 26.8 Å². The minimum absolute atomic E-state index is 0.105. The lowest BCUT2D eigenvalue weighted by Gasteiger charge is -2.31. The molecule has 0 saturated carbocycles. The molecule has 0 amide bonds. The zero-order valence-electron chi connectivity index (χ0n) is 10.8. The number of nitrogens with zero attached hydrogens (tertiary/aromatic N) is 1. The van der Waals surface area contributed by atoms with E-state index < -0.39 is 0 Å². The largest absolute Gasteiger partial charge is 0.359 e. The van der Waals surface area contributed by atoms with Crippen molar-refractivity contribution in [3.8, 4) is 0 Å². The average molecular weight is 245 g/mol. The molecule has 2 fully saturated rings. The zero-order chi connectivity index (χ0) is 12.1. The summed E-state index contributed by atoms with van der Waals surface area (Å²) in [7, 11) is 3.30. The second-order valence-corrected chi connectivity index (χ2v) is 4.71. The molecule has 2 heterocycles. The molecular formula is C12H23NO4. The summed E-state index contributed by atoms with van der Waals surface area (Å²) < 4.78 is 21.5. The monoisotopic (exact) mass is 245 g/mol. The smallest absolute Gasteiger partial charge is 0.146 e. The van der Waals surface area contributed by atoms with Gasteiger partial charge >= 0.3 is 0 Å². The number of ether oxygens (including phenoxy) is 4. The van der Waals surface area contributed by atoms with Crippen molar-refractivity contribution in [1.82, 2.24) is 4.90 Å². The van der Waals surface area contributed by atoms with Crippen molar-refractivity contribution >= 4 is 0 Å². The van der Waals surface area contributed by atoms with Gasteiger partial charge in [-0.05, 0) is 19.4 Å². The molecule has 2 aliphatic heterocycles. The molecule has 0 N–H and O–H groups in total. The summed E-state index contributed by atoms with van der Waals surface area (Å²) >= 11 is 0. The third kappa shape index (κ3) is 3.17. The summed E-state index contributed by atoms with van der Waals surface area (Å²) in [5.74, 6) is 0. The normalized spacial score (nSPS) is 33.9. The molecule has 0 aliphatic carbocycles. The minimum Gasteiger partial charge on any atom is -0.359 e. The van der Waals surface area contributed by atoms with E-state index in [-0.39, 0.29) is 12.2 Å². The Labute approximate surface area is 103 Å². The van der Waals surface area contributed by atoms with Gasteiger partial charge in [0.1, 0.15) is 25.8 Å². The standard InChI is InChI=1S/C12H23NO4/c1-14-8-16-11-7-13-6-4-3-5-10(13)12(11)17-9-15-2/h10-12H,3-9H2,1-2H3/t10-,11-,12-/m1/s1. The van der Waals surface area contributed by atoms with Gasteiger partial charge in [0.2, 0.25) is 0 Å². The third-order valence-corrected chi connectivity index (χ3v) is 3.60. The van der Waals surface area contributed by atoms with E-state index in [0.29, 0.717) is 19.6 Å². The number of hydrogen-bond acceptors (Lipinski definition) is 5. The van der Waals surface area contributed by atoms with Gasteiger partial charge in [-0.3, -0.25) is 4.90 Å². The second kappa shape index (κ2) is 6.66. The van der Waals surface area contributed by atoms with E-state index >= 15 is 0 Å². The predicted molar refractivity (Wildman–Crippen MR) is 62.7 cm³/mol. The summed E-state index contributed by atoms with van der Waals surface area (Å²) in [4.78, 5) is 2.48. The first kappa shape index (κ1) is 13.2. The molecule has 2 aliphatic rings. The second-order valence-electron chi connectivity index (χ2n) is 4.71. The number of piperidine rings is 1. The fourth-order valence-electron chi connectivity index (χ4n) is 2.87. The maximum atomic E-state index is 5.79. The van der Waals surface area contributed by atoms with Gasteiger partial charge in [0.15, 0.2) is 0 Å². The van der Waals surface area contributed by atoms with Crippen LogP contribution >= 0.6 is 0 Å². The van der Waals surface area contributed by atoms with E-state index in [1.165, 1.54) is 19.3 Å². The summed E-state index contributed by atoms with van der Waals surface area (Å²) in [6, 6.07) is 0.487. The molecular weight excluding hydrogens is 222 g/mol. The molecule has 0 radical (unpaired) electrons. The molecule has 0 bridgehead atoms. The molecule has 100 valence electrons. The Hall–Kier alpha value is -0.200. The van der Waals surface area contributed by atoms with Crippen LogP contribution in [0, 0.1) is 0 Å². The maximum Gasteiger partial charge on any atom is 0.146 e. The van der Waals surface area contributed by atoms with Crippen LogP contribution in [0.4, 0.5) is 0 Å². The lowest BCUT2D eigenvalue weighted by molar-refractivity contribution is -0.147. The van der Waals surface area contributed by atoms with Crippen LogP contribution in [-0.2, 0) is 18.9 Å². The van der Waals surface area contributed by atoms with Gasteiger partial charge in [-0.15, -0.1) is 0 Å². The Balaban J connectivity index is 1.93. The van der Waals surface area contributed by atoms with Crippen molar-refractivity contribution in [1.29, 1.82) is 0 Å². The zero-order valence-corrected chi connectivity index (χ0v) is 10.8. The first-order chi connectivity index (χ1) is 8.36. The van der Waals surface area contributed by atoms with Crippen LogP contribution in [0.3, 0.4) is 0 Å². The first-order valence-electron chi connectivity index (χ1n) is 6.32. The van der Waals surface area contributed by atoms with Crippen LogP contribution in [0.2, 0.25) is 0 Å². The van der Waals surface area contributed by atoms with Crippen LogP contribution in [0.15, 0.2) is 0 Å². The Morgan fingerprint density at radius 1 is 1.06 bits per heavy atom. The molecule has 0 unspecified atom stereocenters. The molecule has 3 atom stereocenters. The minimum atomic E-state index is 0.105. The van der Waals surface area contributed by atoms with Gasteiger partial charge in [-0.2, -0.15) is 0 Å². The molecule has 2 rings (SSSR count). The fraction of sp³-hybridized carbons (Fsp3) is 1.00. The summed E-state index contributed by atoms with van der Waals surface area (Å²) in [6.07, 6.45) is 3.98. The van der Waals surface area contributed by atoms with Crippen LogP contribution < -0.4 is 0 Å². The molecule has 5 nitrogen and oxygen atoms in total. The van der Waals surface area contributed by atoms with Crippen molar-refractivity contribution in [3.63, 3.8) is 0 Å². The van der Waals surface area contributed by atoms with Crippen LogP contribution in [0.1, 0.15) is 19.3 Å². The van der Waals surface area contributed by atoms with E-state index in [1.54, 1.807) is 14.2 Å². The van der Waals surface area contributed by atoms with Gasteiger partial charge in [-0.25, -0.2) is 0 Å². The number of rotatable bonds is 6. The molecule has 0 aromatic heterocycles. The quantitative estimate of drug-likeness (QED) is 0.648. The Bertz CT molecular complexity index is 227. The molecule has 2 saturated heterocycles. The number of methoxy groups -OCH3 is 2. The summed E-state index contributed by atoms with van der Waals surface area (Å²) in [5.41, 5.74) is 0. The lowest BCUT2D eigenvalue weighted by Crippen LogP contribution is -2.41. The highest BCUT2D eigenvalue weighted by Gasteiger charge is 2.44. The molecule has 5 heteroatoms. The number of fused-ring (bicyclic) bond motifs is 1. The highest BCUT2D eigenvalue weighted by Crippen LogP contribution is 2.30. The van der Waals surface area contributed by atoms with Crippen LogP contribution in [-0.4, -0.2) is 64.0 Å².